The van der Waals surface area contributed by atoms with Crippen molar-refractivity contribution >= 4 is 10.2 Å². The molecule has 0 aromatic rings. The summed E-state index contributed by atoms with van der Waals surface area (Å²) >= 11 is 0. The smallest absolute Gasteiger partial charge is 0.282 e. The maximum Gasteiger partial charge on any atom is 0.282 e. The molecule has 4 atom stereocenters. The molecule has 112 valence electrons. The number of hydrogen-bond donors (Lipinski definition) is 1. The fourth-order valence-electron chi connectivity index (χ4n) is 3.24. The zero-order valence-corrected chi connectivity index (χ0v) is 13.1. The van der Waals surface area contributed by atoms with Crippen molar-refractivity contribution in [2.75, 3.05) is 26.2 Å². The molecule has 4 unspecified atom stereocenters. The molecule has 2 heterocycles. The maximum absolute atomic E-state index is 12.7. The van der Waals surface area contributed by atoms with E-state index < -0.39 is 10.2 Å². The molecule has 2 aliphatic rings. The van der Waals surface area contributed by atoms with Crippen molar-refractivity contribution in [2.45, 2.75) is 39.7 Å². The van der Waals surface area contributed by atoms with Gasteiger partial charge in [0, 0.05) is 32.2 Å². The first-order valence-corrected chi connectivity index (χ1v) is 8.71. The molecule has 0 spiro atoms. The molecule has 2 N–H and O–H groups in total. The molecule has 0 aromatic carbocycles. The quantitative estimate of drug-likeness (QED) is 0.820. The Balaban J connectivity index is 2.09. The fourth-order valence-corrected chi connectivity index (χ4v) is 5.14. The predicted octanol–water partition coefficient (Wildman–Crippen LogP) is 0.878. The van der Waals surface area contributed by atoms with Gasteiger partial charge in [-0.2, -0.15) is 17.0 Å². The minimum atomic E-state index is -3.32. The zero-order chi connectivity index (χ0) is 14.2. The van der Waals surface area contributed by atoms with Crippen LogP contribution in [0.15, 0.2) is 0 Å². The van der Waals surface area contributed by atoms with Crippen LogP contribution in [0.4, 0.5) is 0 Å². The van der Waals surface area contributed by atoms with Crippen LogP contribution in [0.5, 0.6) is 0 Å². The number of rotatable bonds is 2. The highest BCUT2D eigenvalue weighted by Gasteiger charge is 2.37. The van der Waals surface area contributed by atoms with Crippen molar-refractivity contribution in [3.8, 4) is 0 Å². The molecule has 5 nitrogen and oxygen atoms in total. The van der Waals surface area contributed by atoms with Gasteiger partial charge in [-0.3, -0.25) is 0 Å². The van der Waals surface area contributed by atoms with E-state index in [4.69, 9.17) is 5.73 Å². The largest absolute Gasteiger partial charge is 0.326 e. The van der Waals surface area contributed by atoms with E-state index in [-0.39, 0.29) is 6.04 Å². The lowest BCUT2D eigenvalue weighted by Crippen LogP contribution is -2.55. The van der Waals surface area contributed by atoms with E-state index in [0.29, 0.717) is 43.9 Å². The second-order valence-electron chi connectivity index (χ2n) is 6.56. The molecule has 0 bridgehead atoms. The first-order valence-electron chi connectivity index (χ1n) is 7.31. The summed E-state index contributed by atoms with van der Waals surface area (Å²) in [7, 11) is -3.32. The highest BCUT2D eigenvalue weighted by molar-refractivity contribution is 7.86. The Morgan fingerprint density at radius 2 is 1.58 bits per heavy atom. The number of hydrogen-bond acceptors (Lipinski definition) is 3. The number of nitrogens with two attached hydrogens (primary N) is 1. The van der Waals surface area contributed by atoms with Crippen LogP contribution in [0.1, 0.15) is 33.6 Å². The van der Waals surface area contributed by atoms with E-state index in [1.165, 1.54) is 0 Å². The first-order chi connectivity index (χ1) is 8.80. The van der Waals surface area contributed by atoms with Gasteiger partial charge in [0.2, 0.25) is 0 Å². The van der Waals surface area contributed by atoms with Gasteiger partial charge < -0.3 is 5.73 Å². The Bertz CT molecular complexity index is 402. The SMILES string of the molecule is CC1CC(C)CN(S(=O)(=O)N2CCC(C)C(N)C2)C1. The molecule has 0 aliphatic carbocycles. The molecule has 2 aliphatic heterocycles. The summed E-state index contributed by atoms with van der Waals surface area (Å²) < 4.78 is 28.6. The van der Waals surface area contributed by atoms with Crippen LogP contribution in [0, 0.1) is 17.8 Å². The van der Waals surface area contributed by atoms with E-state index in [2.05, 4.69) is 20.8 Å². The van der Waals surface area contributed by atoms with Gasteiger partial charge >= 0.3 is 0 Å². The molecule has 2 fully saturated rings. The lowest BCUT2D eigenvalue weighted by atomic mass is 9.94. The lowest BCUT2D eigenvalue weighted by molar-refractivity contribution is 0.191. The average Bonchev–Trinajstić information content (AvgIpc) is 2.31. The third-order valence-corrected chi connectivity index (χ3v) is 6.40. The Hall–Kier alpha value is -0.170. The predicted molar refractivity (Wildman–Crippen MR) is 76.8 cm³/mol. The van der Waals surface area contributed by atoms with Gasteiger partial charge in [0.25, 0.3) is 10.2 Å². The number of piperidine rings is 2. The fraction of sp³-hybridized carbons (Fsp3) is 1.00. The molecule has 0 aromatic heterocycles. The highest BCUT2D eigenvalue weighted by Crippen LogP contribution is 2.26. The van der Waals surface area contributed by atoms with Crippen LogP contribution >= 0.6 is 0 Å². The van der Waals surface area contributed by atoms with Crippen LogP contribution in [0.25, 0.3) is 0 Å². The molecule has 0 amide bonds. The van der Waals surface area contributed by atoms with Gasteiger partial charge in [0.15, 0.2) is 0 Å². The maximum atomic E-state index is 12.7. The molecule has 2 rings (SSSR count). The van der Waals surface area contributed by atoms with Gasteiger partial charge in [-0.25, -0.2) is 0 Å². The van der Waals surface area contributed by atoms with Crippen LogP contribution in [0.2, 0.25) is 0 Å². The van der Waals surface area contributed by atoms with Crippen molar-refractivity contribution in [3.05, 3.63) is 0 Å². The summed E-state index contributed by atoms with van der Waals surface area (Å²) in [4.78, 5) is 0. The van der Waals surface area contributed by atoms with Gasteiger partial charge in [-0.15, -0.1) is 0 Å². The van der Waals surface area contributed by atoms with Crippen molar-refractivity contribution in [2.24, 2.45) is 23.5 Å². The molecule has 0 saturated carbocycles. The van der Waals surface area contributed by atoms with Crippen LogP contribution in [-0.2, 0) is 10.2 Å². The third kappa shape index (κ3) is 3.29. The lowest BCUT2D eigenvalue weighted by Gasteiger charge is -2.40. The molecule has 2 saturated heterocycles. The summed E-state index contributed by atoms with van der Waals surface area (Å²) in [5, 5.41) is 0. The highest BCUT2D eigenvalue weighted by atomic mass is 32.2. The summed E-state index contributed by atoms with van der Waals surface area (Å²) in [6.07, 6.45) is 1.97. The summed E-state index contributed by atoms with van der Waals surface area (Å²) in [5.41, 5.74) is 6.02. The molecular formula is C13H27N3O2S. The van der Waals surface area contributed by atoms with E-state index in [1.54, 1.807) is 8.61 Å². The minimum Gasteiger partial charge on any atom is -0.326 e. The minimum absolute atomic E-state index is 0.0387. The average molecular weight is 289 g/mol. The molecular weight excluding hydrogens is 262 g/mol. The monoisotopic (exact) mass is 289 g/mol. The van der Waals surface area contributed by atoms with Crippen molar-refractivity contribution in [1.29, 1.82) is 0 Å². The molecule has 6 heteroatoms. The Kier molecular flexibility index (Phi) is 4.55. The third-order valence-electron chi connectivity index (χ3n) is 4.47. The summed E-state index contributed by atoms with van der Waals surface area (Å²) in [6, 6.07) is -0.0387. The van der Waals surface area contributed by atoms with Crippen molar-refractivity contribution < 1.29 is 8.42 Å². The molecule has 19 heavy (non-hydrogen) atoms. The Morgan fingerprint density at radius 3 is 2.11 bits per heavy atom. The first kappa shape index (κ1) is 15.2. The van der Waals surface area contributed by atoms with E-state index >= 15 is 0 Å². The van der Waals surface area contributed by atoms with Crippen LogP contribution in [0.3, 0.4) is 0 Å². The second kappa shape index (κ2) is 5.68. The van der Waals surface area contributed by atoms with Crippen LogP contribution in [-0.4, -0.2) is 49.2 Å². The number of nitrogens with zero attached hydrogens (tertiary/aromatic N) is 2. The van der Waals surface area contributed by atoms with Gasteiger partial charge in [0.05, 0.1) is 0 Å². The van der Waals surface area contributed by atoms with Crippen LogP contribution < -0.4 is 5.73 Å². The Morgan fingerprint density at radius 1 is 1.00 bits per heavy atom. The van der Waals surface area contributed by atoms with Crippen molar-refractivity contribution in [3.63, 3.8) is 0 Å². The second-order valence-corrected chi connectivity index (χ2v) is 8.49. The normalized spacial score (nSPS) is 39.4. The van der Waals surface area contributed by atoms with Gasteiger partial charge in [-0.05, 0) is 30.6 Å². The summed E-state index contributed by atoms with van der Waals surface area (Å²) in [6.45, 7) is 8.71. The van der Waals surface area contributed by atoms with E-state index in [1.807, 2.05) is 0 Å². The van der Waals surface area contributed by atoms with E-state index in [9.17, 15) is 8.42 Å². The van der Waals surface area contributed by atoms with E-state index in [0.717, 1.165) is 12.8 Å². The Labute approximate surface area is 117 Å². The summed E-state index contributed by atoms with van der Waals surface area (Å²) in [5.74, 6) is 1.29. The standard InChI is InChI=1S/C13H27N3O2S/c1-10-6-11(2)8-16(7-10)19(17,18)15-5-4-12(3)13(14)9-15/h10-13H,4-9,14H2,1-3H3. The van der Waals surface area contributed by atoms with Gasteiger partial charge in [0.1, 0.15) is 0 Å². The topological polar surface area (TPSA) is 66.6 Å². The zero-order valence-electron chi connectivity index (χ0n) is 12.2. The van der Waals surface area contributed by atoms with Gasteiger partial charge in [-0.1, -0.05) is 20.8 Å². The molecule has 0 radical (unpaired) electrons. The van der Waals surface area contributed by atoms with Crippen molar-refractivity contribution in [1.82, 2.24) is 8.61 Å².